The molecule has 0 heterocycles. The van der Waals surface area contributed by atoms with Gasteiger partial charge in [-0.3, -0.25) is 10.1 Å². The minimum Gasteiger partial charge on any atom is -0.376 e. The van der Waals surface area contributed by atoms with E-state index in [1.165, 1.54) is 18.2 Å². The number of rotatable bonds is 4. The van der Waals surface area contributed by atoms with E-state index >= 15 is 0 Å². The van der Waals surface area contributed by atoms with Gasteiger partial charge in [0.15, 0.2) is 0 Å². The van der Waals surface area contributed by atoms with Gasteiger partial charge in [-0.1, -0.05) is 12.2 Å². The molecule has 1 aromatic carbocycles. The van der Waals surface area contributed by atoms with Crippen molar-refractivity contribution < 1.29 is 4.92 Å². The molecule has 0 amide bonds. The number of nitriles is 1. The van der Waals surface area contributed by atoms with Crippen molar-refractivity contribution in [2.24, 2.45) is 0 Å². The Balaban J connectivity index is 3.06. The van der Waals surface area contributed by atoms with Gasteiger partial charge in [0, 0.05) is 12.6 Å². The van der Waals surface area contributed by atoms with Crippen molar-refractivity contribution in [3.05, 3.63) is 46.0 Å². The average Bonchev–Trinajstić information content (AvgIpc) is 2.25. The van der Waals surface area contributed by atoms with E-state index in [9.17, 15) is 10.1 Å². The maximum absolute atomic E-state index is 10.7. The van der Waals surface area contributed by atoms with Crippen LogP contribution in [0, 0.1) is 21.4 Å². The van der Waals surface area contributed by atoms with Crippen LogP contribution in [0.15, 0.2) is 30.4 Å². The molecule has 0 aliphatic rings. The number of hydrogen-bond acceptors (Lipinski definition) is 4. The number of nitrogens with zero attached hydrogens (tertiary/aromatic N) is 2. The van der Waals surface area contributed by atoms with Gasteiger partial charge < -0.3 is 5.32 Å². The van der Waals surface area contributed by atoms with Crippen molar-refractivity contribution in [1.82, 2.24) is 0 Å². The van der Waals surface area contributed by atoms with Gasteiger partial charge >= 0.3 is 0 Å². The maximum atomic E-state index is 10.7. The topological polar surface area (TPSA) is 79.0 Å². The van der Waals surface area contributed by atoms with E-state index in [0.29, 0.717) is 17.8 Å². The molecule has 0 aliphatic heterocycles. The fourth-order valence-electron chi connectivity index (χ4n) is 1.15. The van der Waals surface area contributed by atoms with Crippen LogP contribution in [-0.4, -0.2) is 11.5 Å². The summed E-state index contributed by atoms with van der Waals surface area (Å²) in [6, 6.07) is 6.13. The lowest BCUT2D eigenvalue weighted by Crippen LogP contribution is -2.05. The molecule has 0 bridgehead atoms. The van der Waals surface area contributed by atoms with Crippen LogP contribution < -0.4 is 5.32 Å². The molecule has 0 saturated heterocycles. The molecule has 5 nitrogen and oxygen atoms in total. The molecule has 0 aromatic heterocycles. The van der Waals surface area contributed by atoms with Crippen molar-refractivity contribution in [1.29, 1.82) is 5.26 Å². The molecular weight excluding hydrogens is 206 g/mol. The van der Waals surface area contributed by atoms with E-state index in [4.69, 9.17) is 5.26 Å². The Morgan fingerprint density at radius 2 is 2.38 bits per heavy atom. The number of nitrogens with one attached hydrogen (secondary N) is 1. The summed E-state index contributed by atoms with van der Waals surface area (Å²) in [4.78, 5) is 10.2. The van der Waals surface area contributed by atoms with Crippen LogP contribution >= 0.6 is 0 Å². The molecule has 0 spiro atoms. The smallest absolute Gasteiger partial charge is 0.292 e. The Hall–Kier alpha value is -2.35. The molecule has 0 saturated carbocycles. The summed E-state index contributed by atoms with van der Waals surface area (Å²) in [5.74, 6) is 0. The van der Waals surface area contributed by atoms with Crippen molar-refractivity contribution in [2.75, 3.05) is 11.9 Å². The second-order valence-corrected chi connectivity index (χ2v) is 3.41. The van der Waals surface area contributed by atoms with E-state index in [1.54, 1.807) is 0 Å². The third kappa shape index (κ3) is 2.82. The summed E-state index contributed by atoms with van der Waals surface area (Å²) in [7, 11) is 0. The molecule has 0 aliphatic carbocycles. The van der Waals surface area contributed by atoms with Crippen molar-refractivity contribution in [3.8, 4) is 6.07 Å². The first-order valence-corrected chi connectivity index (χ1v) is 4.61. The van der Waals surface area contributed by atoms with Gasteiger partial charge in [-0.15, -0.1) is 0 Å². The Labute approximate surface area is 93.2 Å². The number of nitro groups is 1. The Bertz CT molecular complexity index is 475. The molecule has 1 aromatic rings. The summed E-state index contributed by atoms with van der Waals surface area (Å²) < 4.78 is 0. The largest absolute Gasteiger partial charge is 0.376 e. The first kappa shape index (κ1) is 11.7. The lowest BCUT2D eigenvalue weighted by atomic mass is 10.2. The molecule has 1 N–H and O–H groups in total. The van der Waals surface area contributed by atoms with Gasteiger partial charge in [-0.05, 0) is 19.1 Å². The second kappa shape index (κ2) is 4.94. The molecule has 0 radical (unpaired) electrons. The molecule has 0 unspecified atom stereocenters. The normalized spacial score (nSPS) is 9.25. The first-order chi connectivity index (χ1) is 7.54. The zero-order valence-electron chi connectivity index (χ0n) is 8.86. The van der Waals surface area contributed by atoms with Gasteiger partial charge in [0.2, 0.25) is 0 Å². The van der Waals surface area contributed by atoms with Crippen LogP contribution in [-0.2, 0) is 0 Å². The summed E-state index contributed by atoms with van der Waals surface area (Å²) in [5, 5.41) is 22.3. The molecule has 1 rings (SSSR count). The number of benzene rings is 1. The minimum atomic E-state index is -0.484. The Kier molecular flexibility index (Phi) is 3.62. The third-order valence-electron chi connectivity index (χ3n) is 1.90. The molecular formula is C11H11N3O2. The number of anilines is 1. The fourth-order valence-corrected chi connectivity index (χ4v) is 1.15. The van der Waals surface area contributed by atoms with Crippen LogP contribution in [0.5, 0.6) is 0 Å². The maximum Gasteiger partial charge on any atom is 0.292 e. The van der Waals surface area contributed by atoms with Crippen LogP contribution in [0.2, 0.25) is 0 Å². The Morgan fingerprint density at radius 3 is 2.88 bits per heavy atom. The molecule has 0 atom stereocenters. The van der Waals surface area contributed by atoms with Crippen LogP contribution in [0.4, 0.5) is 11.4 Å². The summed E-state index contributed by atoms with van der Waals surface area (Å²) in [6.07, 6.45) is 0. The average molecular weight is 217 g/mol. The van der Waals surface area contributed by atoms with Gasteiger partial charge in [0.25, 0.3) is 5.69 Å². The number of hydrogen-bond donors (Lipinski definition) is 1. The highest BCUT2D eigenvalue weighted by atomic mass is 16.6. The monoisotopic (exact) mass is 217 g/mol. The van der Waals surface area contributed by atoms with E-state index in [0.717, 1.165) is 5.57 Å². The highest BCUT2D eigenvalue weighted by Crippen LogP contribution is 2.25. The Morgan fingerprint density at radius 1 is 1.69 bits per heavy atom. The van der Waals surface area contributed by atoms with Gasteiger partial charge in [-0.2, -0.15) is 5.26 Å². The predicted octanol–water partition coefficient (Wildman–Crippen LogP) is 2.45. The van der Waals surface area contributed by atoms with Gasteiger partial charge in [0.1, 0.15) is 5.69 Å². The molecule has 0 fully saturated rings. The zero-order valence-corrected chi connectivity index (χ0v) is 8.86. The van der Waals surface area contributed by atoms with Crippen LogP contribution in [0.3, 0.4) is 0 Å². The second-order valence-electron chi connectivity index (χ2n) is 3.41. The van der Waals surface area contributed by atoms with Gasteiger partial charge in [-0.25, -0.2) is 0 Å². The summed E-state index contributed by atoms with van der Waals surface area (Å²) in [5.41, 5.74) is 1.54. The van der Waals surface area contributed by atoms with Crippen LogP contribution in [0.25, 0.3) is 0 Å². The highest BCUT2D eigenvalue weighted by Gasteiger charge is 2.13. The summed E-state index contributed by atoms with van der Waals surface area (Å²) >= 11 is 0. The standard InChI is InChI=1S/C11H11N3O2/c1-8(2)7-13-10-5-9(6-12)3-4-11(10)14(15)16/h3-5,13H,1,7H2,2H3. The predicted molar refractivity (Wildman–Crippen MR) is 61.1 cm³/mol. The van der Waals surface area contributed by atoms with Crippen molar-refractivity contribution >= 4 is 11.4 Å². The van der Waals surface area contributed by atoms with Gasteiger partial charge in [0.05, 0.1) is 16.6 Å². The third-order valence-corrected chi connectivity index (χ3v) is 1.90. The van der Waals surface area contributed by atoms with E-state index < -0.39 is 4.92 Å². The molecule has 82 valence electrons. The van der Waals surface area contributed by atoms with Crippen molar-refractivity contribution in [2.45, 2.75) is 6.92 Å². The molecule has 16 heavy (non-hydrogen) atoms. The first-order valence-electron chi connectivity index (χ1n) is 4.61. The SMILES string of the molecule is C=C(C)CNc1cc(C#N)ccc1[N+](=O)[O-]. The van der Waals surface area contributed by atoms with E-state index in [2.05, 4.69) is 11.9 Å². The quantitative estimate of drug-likeness (QED) is 0.477. The minimum absolute atomic E-state index is 0.0414. The van der Waals surface area contributed by atoms with E-state index in [1.807, 2.05) is 13.0 Å². The van der Waals surface area contributed by atoms with E-state index in [-0.39, 0.29) is 5.69 Å². The highest BCUT2D eigenvalue weighted by molar-refractivity contribution is 5.64. The lowest BCUT2D eigenvalue weighted by molar-refractivity contribution is -0.384. The molecule has 5 heteroatoms. The fraction of sp³-hybridized carbons (Fsp3) is 0.182. The van der Waals surface area contributed by atoms with Crippen molar-refractivity contribution in [3.63, 3.8) is 0 Å². The number of nitro benzene ring substituents is 1. The zero-order chi connectivity index (χ0) is 12.1. The lowest BCUT2D eigenvalue weighted by Gasteiger charge is -2.06. The summed E-state index contributed by atoms with van der Waals surface area (Å²) in [6.45, 7) is 5.94. The van der Waals surface area contributed by atoms with Crippen LogP contribution in [0.1, 0.15) is 12.5 Å².